The molecule has 0 spiro atoms. The molecule has 0 bridgehead atoms. The summed E-state index contributed by atoms with van der Waals surface area (Å²) in [4.78, 5) is 34.6. The maximum atomic E-state index is 11.8. The molecule has 6 heteroatoms. The van der Waals surface area contributed by atoms with Crippen LogP contribution in [0.15, 0.2) is 60.7 Å². The summed E-state index contributed by atoms with van der Waals surface area (Å²) in [5.74, 6) is -0.927. The zero-order valence-electron chi connectivity index (χ0n) is 13.7. The number of carbonyl (C=O) groups is 2. The van der Waals surface area contributed by atoms with Crippen LogP contribution in [0.1, 0.15) is 25.0 Å². The van der Waals surface area contributed by atoms with E-state index in [1.54, 1.807) is 0 Å². The molecule has 0 heterocycles. The number of carbonyl (C=O) groups excluding carboxylic acids is 2. The molecule has 0 saturated heterocycles. The van der Waals surface area contributed by atoms with Gasteiger partial charge in [-0.1, -0.05) is 71.0 Å². The molecule has 2 amide bonds. The van der Waals surface area contributed by atoms with Gasteiger partial charge in [-0.15, -0.1) is 0 Å². The van der Waals surface area contributed by atoms with Gasteiger partial charge in [0.25, 0.3) is 11.8 Å². The number of hydrazine groups is 1. The zero-order valence-corrected chi connectivity index (χ0v) is 13.7. The molecule has 2 rings (SSSR count). The Morgan fingerprint density at radius 1 is 0.708 bits per heavy atom. The standard InChI is InChI=1S/C18H20N2O4/c1-15(21)19(23-13-17-9-5-3-6-10-17)20(16(2)22)24-14-18-11-7-4-8-12-18/h3-12H,13-14H2,1-2H3. The first-order valence-corrected chi connectivity index (χ1v) is 7.53. The van der Waals surface area contributed by atoms with Gasteiger partial charge in [-0.2, -0.15) is 0 Å². The van der Waals surface area contributed by atoms with Crippen LogP contribution in [0.3, 0.4) is 0 Å². The van der Waals surface area contributed by atoms with Crippen LogP contribution in [0.5, 0.6) is 0 Å². The van der Waals surface area contributed by atoms with E-state index in [4.69, 9.17) is 9.68 Å². The zero-order chi connectivity index (χ0) is 17.4. The van der Waals surface area contributed by atoms with Crippen molar-refractivity contribution in [1.29, 1.82) is 0 Å². The van der Waals surface area contributed by atoms with E-state index in [9.17, 15) is 9.59 Å². The summed E-state index contributed by atoms with van der Waals surface area (Å²) in [5.41, 5.74) is 1.74. The third-order valence-electron chi connectivity index (χ3n) is 3.10. The summed E-state index contributed by atoms with van der Waals surface area (Å²) >= 11 is 0. The van der Waals surface area contributed by atoms with Crippen LogP contribution < -0.4 is 0 Å². The molecule has 0 aliphatic rings. The number of benzene rings is 2. The second kappa shape index (κ2) is 8.81. The molecular weight excluding hydrogens is 308 g/mol. The molecule has 0 radical (unpaired) electrons. The number of hydrogen-bond donors (Lipinski definition) is 0. The van der Waals surface area contributed by atoms with Gasteiger partial charge >= 0.3 is 0 Å². The highest BCUT2D eigenvalue weighted by Gasteiger charge is 2.24. The van der Waals surface area contributed by atoms with Crippen molar-refractivity contribution >= 4 is 11.8 Å². The first kappa shape index (κ1) is 17.7. The van der Waals surface area contributed by atoms with Gasteiger partial charge < -0.3 is 0 Å². The molecule has 2 aromatic carbocycles. The van der Waals surface area contributed by atoms with Crippen LogP contribution in [-0.2, 0) is 32.5 Å². The van der Waals surface area contributed by atoms with Gasteiger partial charge in [-0.3, -0.25) is 9.59 Å². The maximum absolute atomic E-state index is 11.8. The van der Waals surface area contributed by atoms with Crippen LogP contribution in [0.25, 0.3) is 0 Å². The van der Waals surface area contributed by atoms with Crippen LogP contribution >= 0.6 is 0 Å². The Morgan fingerprint density at radius 2 is 1.04 bits per heavy atom. The van der Waals surface area contributed by atoms with Gasteiger partial charge in [-0.25, -0.2) is 9.68 Å². The molecule has 0 aliphatic carbocycles. The third-order valence-corrected chi connectivity index (χ3v) is 3.10. The van der Waals surface area contributed by atoms with Crippen molar-refractivity contribution in [2.75, 3.05) is 0 Å². The minimum absolute atomic E-state index is 0.138. The van der Waals surface area contributed by atoms with E-state index in [1.165, 1.54) is 13.8 Å². The second-order valence-corrected chi connectivity index (χ2v) is 5.10. The van der Waals surface area contributed by atoms with E-state index in [0.717, 1.165) is 21.5 Å². The maximum Gasteiger partial charge on any atom is 0.266 e. The third kappa shape index (κ3) is 5.19. The van der Waals surface area contributed by atoms with Crippen LogP contribution in [-0.4, -0.2) is 22.2 Å². The molecule has 0 unspecified atom stereocenters. The fourth-order valence-corrected chi connectivity index (χ4v) is 1.96. The molecule has 126 valence electrons. The highest BCUT2D eigenvalue weighted by molar-refractivity contribution is 5.77. The van der Waals surface area contributed by atoms with Crippen LogP contribution in [0, 0.1) is 0 Å². The highest BCUT2D eigenvalue weighted by Crippen LogP contribution is 2.10. The topological polar surface area (TPSA) is 59.1 Å². The van der Waals surface area contributed by atoms with E-state index >= 15 is 0 Å². The number of amides is 2. The van der Waals surface area contributed by atoms with Crippen molar-refractivity contribution in [3.8, 4) is 0 Å². The largest absolute Gasteiger partial charge is 0.271 e. The quantitative estimate of drug-likeness (QED) is 0.765. The van der Waals surface area contributed by atoms with Crippen molar-refractivity contribution in [3.05, 3.63) is 71.8 Å². The Bertz CT molecular complexity index is 602. The molecule has 0 N–H and O–H groups in total. The molecule has 0 fully saturated rings. The lowest BCUT2D eigenvalue weighted by atomic mass is 10.2. The van der Waals surface area contributed by atoms with Crippen molar-refractivity contribution < 1.29 is 19.3 Å². The smallest absolute Gasteiger partial charge is 0.266 e. The summed E-state index contributed by atoms with van der Waals surface area (Å²) in [5, 5.41) is 1.66. The molecule has 6 nitrogen and oxygen atoms in total. The summed E-state index contributed by atoms with van der Waals surface area (Å²) in [6, 6.07) is 18.7. The van der Waals surface area contributed by atoms with E-state index in [1.807, 2.05) is 60.7 Å². The van der Waals surface area contributed by atoms with Crippen LogP contribution in [0.4, 0.5) is 0 Å². The summed E-state index contributed by atoms with van der Waals surface area (Å²) in [6.45, 7) is 2.87. The fourth-order valence-electron chi connectivity index (χ4n) is 1.96. The molecule has 0 atom stereocenters. The first-order valence-electron chi connectivity index (χ1n) is 7.53. The predicted molar refractivity (Wildman–Crippen MR) is 87.5 cm³/mol. The van der Waals surface area contributed by atoms with Crippen molar-refractivity contribution in [2.45, 2.75) is 27.1 Å². The lowest BCUT2D eigenvalue weighted by molar-refractivity contribution is -0.369. The highest BCUT2D eigenvalue weighted by atomic mass is 16.8. The first-order chi connectivity index (χ1) is 11.6. The SMILES string of the molecule is CC(=O)N(OCc1ccccc1)N(OCc1ccccc1)C(C)=O. The van der Waals surface area contributed by atoms with Gasteiger partial charge in [0.1, 0.15) is 13.2 Å². The average Bonchev–Trinajstić information content (AvgIpc) is 2.59. The normalized spacial score (nSPS) is 10.2. The summed E-state index contributed by atoms with van der Waals surface area (Å²) in [6.07, 6.45) is 0. The van der Waals surface area contributed by atoms with E-state index < -0.39 is 11.8 Å². The molecule has 0 aromatic heterocycles. The number of nitrogens with zero attached hydrogens (tertiary/aromatic N) is 2. The fraction of sp³-hybridized carbons (Fsp3) is 0.222. The average molecular weight is 328 g/mol. The van der Waals surface area contributed by atoms with Gasteiger partial charge in [0, 0.05) is 13.8 Å². The van der Waals surface area contributed by atoms with Crippen LogP contribution in [0.2, 0.25) is 0 Å². The molecule has 24 heavy (non-hydrogen) atoms. The minimum Gasteiger partial charge on any atom is -0.271 e. The Labute approximate surface area is 141 Å². The summed E-state index contributed by atoms with van der Waals surface area (Å²) < 4.78 is 0. The number of hydroxylamine groups is 2. The Morgan fingerprint density at radius 3 is 1.33 bits per heavy atom. The van der Waals surface area contributed by atoms with E-state index in [2.05, 4.69) is 0 Å². The molecule has 2 aromatic rings. The van der Waals surface area contributed by atoms with Crippen molar-refractivity contribution in [2.24, 2.45) is 0 Å². The molecule has 0 aliphatic heterocycles. The van der Waals surface area contributed by atoms with E-state index in [0.29, 0.717) is 0 Å². The number of rotatable bonds is 6. The Kier molecular flexibility index (Phi) is 6.48. The predicted octanol–water partition coefficient (Wildman–Crippen LogP) is 2.86. The lowest BCUT2D eigenvalue weighted by Crippen LogP contribution is -2.47. The minimum atomic E-state index is -0.464. The Hall–Kier alpha value is -2.70. The van der Waals surface area contributed by atoms with Gasteiger partial charge in [-0.05, 0) is 11.1 Å². The van der Waals surface area contributed by atoms with Gasteiger partial charge in [0.2, 0.25) is 0 Å². The van der Waals surface area contributed by atoms with Crippen molar-refractivity contribution in [1.82, 2.24) is 10.3 Å². The number of hydrogen-bond acceptors (Lipinski definition) is 4. The molecular formula is C18H20N2O4. The van der Waals surface area contributed by atoms with E-state index in [-0.39, 0.29) is 13.2 Å². The molecule has 0 saturated carbocycles. The Balaban J connectivity index is 2.03. The lowest BCUT2D eigenvalue weighted by Gasteiger charge is -2.30. The van der Waals surface area contributed by atoms with Crippen molar-refractivity contribution in [3.63, 3.8) is 0 Å². The second-order valence-electron chi connectivity index (χ2n) is 5.10. The van der Waals surface area contributed by atoms with Gasteiger partial charge in [0.15, 0.2) is 0 Å². The monoisotopic (exact) mass is 328 g/mol. The summed E-state index contributed by atoms with van der Waals surface area (Å²) in [7, 11) is 0. The van der Waals surface area contributed by atoms with Gasteiger partial charge in [0.05, 0.1) is 0 Å².